The van der Waals surface area contributed by atoms with E-state index in [1.807, 2.05) is 12.3 Å². The van der Waals surface area contributed by atoms with Gasteiger partial charge < -0.3 is 20.5 Å². The highest BCUT2D eigenvalue weighted by atomic mass is 32.2. The van der Waals surface area contributed by atoms with E-state index in [-0.39, 0.29) is 6.10 Å². The number of hydrogen-bond donors (Lipinski definition) is 3. The van der Waals surface area contributed by atoms with Crippen LogP contribution in [0.4, 0.5) is 11.6 Å². The van der Waals surface area contributed by atoms with Crippen molar-refractivity contribution < 1.29 is 9.84 Å². The van der Waals surface area contributed by atoms with Gasteiger partial charge in [0.15, 0.2) is 5.82 Å². The quantitative estimate of drug-likeness (QED) is 0.508. The number of aliphatic imine (C=N–C) groups is 1. The fraction of sp³-hybridized carbons (Fsp3) is 0.593. The Morgan fingerprint density at radius 3 is 2.74 bits per heavy atom. The number of nitrogens with one attached hydrogen (secondary N) is 2. The molecule has 5 rings (SSSR count). The van der Waals surface area contributed by atoms with Crippen LogP contribution < -0.4 is 10.6 Å². The molecular formula is C27H37N5O2S. The Bertz CT molecular complexity index is 1020. The van der Waals surface area contributed by atoms with Crippen molar-refractivity contribution in [1.29, 1.82) is 0 Å². The van der Waals surface area contributed by atoms with E-state index >= 15 is 0 Å². The lowest BCUT2D eigenvalue weighted by Gasteiger charge is -2.27. The van der Waals surface area contributed by atoms with Crippen LogP contribution in [0.5, 0.6) is 0 Å². The Labute approximate surface area is 212 Å². The van der Waals surface area contributed by atoms with E-state index in [1.54, 1.807) is 11.8 Å². The average molecular weight is 496 g/mol. The molecule has 8 heteroatoms. The van der Waals surface area contributed by atoms with Gasteiger partial charge in [-0.05, 0) is 86.6 Å². The third kappa shape index (κ3) is 6.82. The second-order valence-electron chi connectivity index (χ2n) is 10.1. The molecule has 2 aromatic heterocycles. The summed E-state index contributed by atoms with van der Waals surface area (Å²) in [6, 6.07) is 9.31. The zero-order valence-corrected chi connectivity index (χ0v) is 21.4. The van der Waals surface area contributed by atoms with E-state index in [2.05, 4.69) is 40.7 Å². The summed E-state index contributed by atoms with van der Waals surface area (Å²) in [6.45, 7) is 4.72. The number of rotatable bonds is 6. The van der Waals surface area contributed by atoms with Gasteiger partial charge in [-0.25, -0.2) is 15.0 Å². The van der Waals surface area contributed by atoms with Crippen LogP contribution in [0.3, 0.4) is 0 Å². The standard InChI is InChI=1S/C27H37N5O2S/c1-18-4-9-26(35-27-23(18)3-2-12-28-27)32-25-16-19(17-29-20-10-13-34-14-11-20)15-24(31-25)30-21-5-7-22(33)8-6-21/h2-3,12,15-16,18,20-22,29,33H,4-11,13-14,17H2,1H3,(H,30,31). The molecule has 0 amide bonds. The predicted molar refractivity (Wildman–Crippen MR) is 142 cm³/mol. The number of fused-ring (bicyclic) bond motifs is 1. The number of anilines is 1. The fourth-order valence-electron chi connectivity index (χ4n) is 5.13. The van der Waals surface area contributed by atoms with Crippen LogP contribution in [-0.2, 0) is 11.3 Å². The number of ether oxygens (including phenoxy) is 1. The van der Waals surface area contributed by atoms with E-state index < -0.39 is 0 Å². The third-order valence-corrected chi connectivity index (χ3v) is 8.38. The molecule has 2 aromatic rings. The Morgan fingerprint density at radius 1 is 1.09 bits per heavy atom. The topological polar surface area (TPSA) is 91.7 Å². The van der Waals surface area contributed by atoms with Crippen LogP contribution >= 0.6 is 11.8 Å². The number of thioether (sulfide) groups is 1. The molecule has 3 aliphatic rings. The number of pyridine rings is 2. The largest absolute Gasteiger partial charge is 0.393 e. The number of aliphatic hydroxyl groups excluding tert-OH is 1. The maximum atomic E-state index is 9.88. The minimum Gasteiger partial charge on any atom is -0.393 e. The Balaban J connectivity index is 1.36. The summed E-state index contributed by atoms with van der Waals surface area (Å²) in [6.07, 6.45) is 9.42. The molecule has 2 fully saturated rings. The minimum absolute atomic E-state index is 0.163. The molecule has 35 heavy (non-hydrogen) atoms. The van der Waals surface area contributed by atoms with E-state index in [0.29, 0.717) is 18.0 Å². The van der Waals surface area contributed by atoms with Crippen molar-refractivity contribution in [2.45, 2.75) is 94.0 Å². The molecule has 1 unspecified atom stereocenters. The van der Waals surface area contributed by atoms with Crippen molar-refractivity contribution in [2.75, 3.05) is 18.5 Å². The molecule has 0 radical (unpaired) electrons. The predicted octanol–water partition coefficient (Wildman–Crippen LogP) is 5.18. The highest BCUT2D eigenvalue weighted by molar-refractivity contribution is 8.14. The first-order valence-corrected chi connectivity index (χ1v) is 13.9. The summed E-state index contributed by atoms with van der Waals surface area (Å²) in [5.41, 5.74) is 2.50. The van der Waals surface area contributed by atoms with Gasteiger partial charge in [0.25, 0.3) is 0 Å². The molecule has 1 saturated carbocycles. The van der Waals surface area contributed by atoms with E-state index in [9.17, 15) is 5.11 Å². The van der Waals surface area contributed by atoms with Crippen molar-refractivity contribution in [3.63, 3.8) is 0 Å². The van der Waals surface area contributed by atoms with Gasteiger partial charge in [0.2, 0.25) is 0 Å². The summed E-state index contributed by atoms with van der Waals surface area (Å²) < 4.78 is 5.51. The monoisotopic (exact) mass is 495 g/mol. The Kier molecular flexibility index (Phi) is 8.34. The normalized spacial score (nSPS) is 26.8. The van der Waals surface area contributed by atoms with Crippen LogP contribution in [0.25, 0.3) is 0 Å². The second kappa shape index (κ2) is 11.8. The third-order valence-electron chi connectivity index (χ3n) is 7.31. The summed E-state index contributed by atoms with van der Waals surface area (Å²) in [7, 11) is 0. The van der Waals surface area contributed by atoms with E-state index in [4.69, 9.17) is 14.7 Å². The number of hydrogen-bond acceptors (Lipinski definition) is 8. The average Bonchev–Trinajstić information content (AvgIpc) is 3.03. The maximum Gasteiger partial charge on any atom is 0.155 e. The van der Waals surface area contributed by atoms with Crippen molar-refractivity contribution >= 4 is 28.4 Å². The van der Waals surface area contributed by atoms with Crippen LogP contribution in [0.2, 0.25) is 0 Å². The molecule has 4 heterocycles. The molecule has 1 saturated heterocycles. The maximum absolute atomic E-state index is 9.88. The molecule has 7 nitrogen and oxygen atoms in total. The SMILES string of the molecule is CC1CCC(=Nc2cc(CNC3CCOCC3)cc(NC3CCC(O)CC3)n2)Sc2ncccc21. The van der Waals surface area contributed by atoms with Crippen LogP contribution in [-0.4, -0.2) is 51.5 Å². The lowest BCUT2D eigenvalue weighted by molar-refractivity contribution is 0.0776. The fourth-order valence-corrected chi connectivity index (χ4v) is 6.21. The van der Waals surface area contributed by atoms with Crippen LogP contribution in [0.1, 0.15) is 75.3 Å². The van der Waals surface area contributed by atoms with Crippen molar-refractivity contribution in [2.24, 2.45) is 4.99 Å². The van der Waals surface area contributed by atoms with E-state index in [0.717, 1.165) is 92.8 Å². The molecule has 1 atom stereocenters. The van der Waals surface area contributed by atoms with Gasteiger partial charge in [0.1, 0.15) is 10.8 Å². The number of aliphatic hydroxyl groups is 1. The molecule has 1 aliphatic carbocycles. The van der Waals surface area contributed by atoms with Gasteiger partial charge >= 0.3 is 0 Å². The lowest BCUT2D eigenvalue weighted by Crippen LogP contribution is -2.34. The van der Waals surface area contributed by atoms with Crippen LogP contribution in [0, 0.1) is 0 Å². The molecule has 188 valence electrons. The van der Waals surface area contributed by atoms with Crippen molar-refractivity contribution in [1.82, 2.24) is 15.3 Å². The van der Waals surface area contributed by atoms with Gasteiger partial charge in [-0.1, -0.05) is 24.8 Å². The first-order chi connectivity index (χ1) is 17.1. The zero-order chi connectivity index (χ0) is 24.0. The Morgan fingerprint density at radius 2 is 1.91 bits per heavy atom. The molecule has 0 spiro atoms. The highest BCUT2D eigenvalue weighted by Gasteiger charge is 2.22. The first-order valence-electron chi connectivity index (χ1n) is 13.1. The van der Waals surface area contributed by atoms with Gasteiger partial charge in [-0.3, -0.25) is 0 Å². The molecule has 0 bridgehead atoms. The summed E-state index contributed by atoms with van der Waals surface area (Å²) in [5.74, 6) is 2.10. The van der Waals surface area contributed by atoms with Crippen molar-refractivity contribution in [3.05, 3.63) is 41.6 Å². The van der Waals surface area contributed by atoms with Gasteiger partial charge in [0, 0.05) is 38.0 Å². The zero-order valence-electron chi connectivity index (χ0n) is 20.6. The number of nitrogens with zero attached hydrogens (tertiary/aromatic N) is 3. The van der Waals surface area contributed by atoms with Crippen LogP contribution in [0.15, 0.2) is 40.5 Å². The van der Waals surface area contributed by atoms with Crippen molar-refractivity contribution in [3.8, 4) is 0 Å². The second-order valence-corrected chi connectivity index (χ2v) is 11.1. The smallest absolute Gasteiger partial charge is 0.155 e. The first kappa shape index (κ1) is 24.7. The molecule has 3 N–H and O–H groups in total. The summed E-state index contributed by atoms with van der Waals surface area (Å²) >= 11 is 1.68. The molecule has 2 aliphatic heterocycles. The minimum atomic E-state index is -0.163. The Hall–Kier alpha value is -2.00. The molecular weight excluding hydrogens is 458 g/mol. The lowest BCUT2D eigenvalue weighted by atomic mass is 9.93. The van der Waals surface area contributed by atoms with Gasteiger partial charge in [0.05, 0.1) is 11.1 Å². The molecule has 0 aromatic carbocycles. The summed E-state index contributed by atoms with van der Waals surface area (Å²) in [4.78, 5) is 14.6. The van der Waals surface area contributed by atoms with Gasteiger partial charge in [-0.2, -0.15) is 0 Å². The van der Waals surface area contributed by atoms with Gasteiger partial charge in [-0.15, -0.1) is 0 Å². The summed E-state index contributed by atoms with van der Waals surface area (Å²) in [5, 5.41) is 19.4. The number of aromatic nitrogens is 2. The highest BCUT2D eigenvalue weighted by Crippen LogP contribution is 2.36. The van der Waals surface area contributed by atoms with E-state index in [1.165, 1.54) is 11.1 Å².